The number of amidine groups is 1. The molecule has 0 aromatic rings. The average molecular weight is 290 g/mol. The van der Waals surface area contributed by atoms with Gasteiger partial charge >= 0.3 is 0 Å². The van der Waals surface area contributed by atoms with Crippen LogP contribution in [0.2, 0.25) is 0 Å². The van der Waals surface area contributed by atoms with Gasteiger partial charge in [-0.1, -0.05) is 32.5 Å². The molecule has 18 heavy (non-hydrogen) atoms. The Bertz CT molecular complexity index is 505. The summed E-state index contributed by atoms with van der Waals surface area (Å²) >= 11 is 1.41. The van der Waals surface area contributed by atoms with E-state index in [-0.39, 0.29) is 28.7 Å². The quantitative estimate of drug-likeness (QED) is 0.659. The number of amides is 1. The molecular formula is C11H18N2O3S2. The molecule has 0 bridgehead atoms. The van der Waals surface area contributed by atoms with Crippen molar-refractivity contribution in [3.8, 4) is 0 Å². The van der Waals surface area contributed by atoms with Crippen molar-refractivity contribution in [1.29, 1.82) is 0 Å². The summed E-state index contributed by atoms with van der Waals surface area (Å²) in [5.41, 5.74) is -0.502. The molecule has 102 valence electrons. The van der Waals surface area contributed by atoms with Gasteiger partial charge in [-0.05, 0) is 0 Å². The SMILES string of the molecule is CN1C(=NC(=O)C(C)(C)C)S[C@@H]2CS(=O)(=O)C[C@@H]21. The van der Waals surface area contributed by atoms with Gasteiger partial charge in [-0.15, -0.1) is 0 Å². The van der Waals surface area contributed by atoms with E-state index in [2.05, 4.69) is 4.99 Å². The molecule has 0 spiro atoms. The number of thioether (sulfide) groups is 1. The number of rotatable bonds is 0. The lowest BCUT2D eigenvalue weighted by Crippen LogP contribution is -2.34. The molecule has 5 nitrogen and oxygen atoms in total. The van der Waals surface area contributed by atoms with Gasteiger partial charge < -0.3 is 4.90 Å². The highest BCUT2D eigenvalue weighted by Gasteiger charge is 2.47. The lowest BCUT2D eigenvalue weighted by Gasteiger charge is -2.19. The van der Waals surface area contributed by atoms with Gasteiger partial charge in [0.05, 0.1) is 17.5 Å². The fourth-order valence-corrected chi connectivity index (χ4v) is 5.99. The van der Waals surface area contributed by atoms with E-state index in [1.54, 1.807) is 0 Å². The minimum atomic E-state index is -2.92. The van der Waals surface area contributed by atoms with E-state index in [1.165, 1.54) is 11.8 Å². The topological polar surface area (TPSA) is 66.8 Å². The van der Waals surface area contributed by atoms with Crippen LogP contribution in [0.1, 0.15) is 20.8 Å². The van der Waals surface area contributed by atoms with Crippen LogP contribution in [-0.2, 0) is 14.6 Å². The van der Waals surface area contributed by atoms with E-state index in [1.807, 2.05) is 32.7 Å². The monoisotopic (exact) mass is 290 g/mol. The fourth-order valence-electron chi connectivity index (χ4n) is 1.99. The van der Waals surface area contributed by atoms with Crippen molar-refractivity contribution in [2.24, 2.45) is 10.4 Å². The summed E-state index contributed by atoms with van der Waals surface area (Å²) in [4.78, 5) is 17.8. The van der Waals surface area contributed by atoms with Crippen molar-refractivity contribution in [1.82, 2.24) is 4.90 Å². The number of sulfone groups is 1. The molecule has 2 aliphatic rings. The van der Waals surface area contributed by atoms with Crippen LogP contribution in [-0.4, -0.2) is 54.2 Å². The average Bonchev–Trinajstić information content (AvgIpc) is 2.61. The Kier molecular flexibility index (Phi) is 3.26. The van der Waals surface area contributed by atoms with E-state index in [4.69, 9.17) is 0 Å². The second-order valence-corrected chi connectivity index (χ2v) is 9.22. The number of aliphatic imine (C=N–C) groups is 1. The summed E-state index contributed by atoms with van der Waals surface area (Å²) in [7, 11) is -1.11. The highest BCUT2D eigenvalue weighted by molar-refractivity contribution is 8.15. The van der Waals surface area contributed by atoms with E-state index in [0.717, 1.165) is 0 Å². The number of hydrogen-bond donors (Lipinski definition) is 0. The van der Waals surface area contributed by atoms with E-state index in [0.29, 0.717) is 5.17 Å². The first-order chi connectivity index (χ1) is 8.10. The third-order valence-electron chi connectivity index (χ3n) is 3.17. The molecule has 2 aliphatic heterocycles. The van der Waals surface area contributed by atoms with E-state index >= 15 is 0 Å². The Balaban J connectivity index is 2.18. The second-order valence-electron chi connectivity index (χ2n) is 5.86. The van der Waals surface area contributed by atoms with Crippen molar-refractivity contribution < 1.29 is 13.2 Å². The summed E-state index contributed by atoms with van der Waals surface area (Å²) in [6.07, 6.45) is 0. The first-order valence-corrected chi connectivity index (χ1v) is 8.53. The van der Waals surface area contributed by atoms with Gasteiger partial charge in [-0.3, -0.25) is 4.79 Å². The maximum absolute atomic E-state index is 11.9. The lowest BCUT2D eigenvalue weighted by molar-refractivity contribution is -0.124. The Hall–Kier alpha value is -0.560. The first-order valence-electron chi connectivity index (χ1n) is 5.83. The molecule has 0 saturated carbocycles. The summed E-state index contributed by atoms with van der Waals surface area (Å²) in [5.74, 6) is 0.193. The summed E-state index contributed by atoms with van der Waals surface area (Å²) < 4.78 is 23.1. The van der Waals surface area contributed by atoms with Crippen molar-refractivity contribution in [3.05, 3.63) is 0 Å². The van der Waals surface area contributed by atoms with E-state index in [9.17, 15) is 13.2 Å². The molecule has 0 radical (unpaired) electrons. The van der Waals surface area contributed by atoms with Crippen LogP contribution >= 0.6 is 11.8 Å². The van der Waals surface area contributed by atoms with Crippen molar-refractivity contribution in [3.63, 3.8) is 0 Å². The molecule has 2 atom stereocenters. The maximum Gasteiger partial charge on any atom is 0.253 e. The van der Waals surface area contributed by atoms with Gasteiger partial charge in [-0.25, -0.2) is 8.42 Å². The van der Waals surface area contributed by atoms with Gasteiger partial charge in [0, 0.05) is 17.7 Å². The normalized spacial score (nSPS) is 32.9. The van der Waals surface area contributed by atoms with Crippen LogP contribution in [0.3, 0.4) is 0 Å². The summed E-state index contributed by atoms with van der Waals surface area (Å²) in [5, 5.41) is 0.673. The van der Waals surface area contributed by atoms with Gasteiger partial charge in [0.1, 0.15) is 0 Å². The lowest BCUT2D eigenvalue weighted by atomic mass is 9.96. The zero-order valence-electron chi connectivity index (χ0n) is 11.0. The predicted molar refractivity (Wildman–Crippen MR) is 73.5 cm³/mol. The number of hydrogen-bond acceptors (Lipinski definition) is 4. The summed E-state index contributed by atoms with van der Waals surface area (Å²) in [6.45, 7) is 5.47. The number of carbonyl (C=O) groups excluding carboxylic acids is 1. The number of fused-ring (bicyclic) bond motifs is 1. The Morgan fingerprint density at radius 3 is 2.50 bits per heavy atom. The second kappa shape index (κ2) is 4.23. The van der Waals surface area contributed by atoms with Crippen LogP contribution in [0.4, 0.5) is 0 Å². The Morgan fingerprint density at radius 1 is 1.39 bits per heavy atom. The molecule has 0 aliphatic carbocycles. The van der Waals surface area contributed by atoms with Gasteiger partial charge in [0.15, 0.2) is 15.0 Å². The molecule has 0 aromatic heterocycles. The highest BCUT2D eigenvalue weighted by atomic mass is 32.2. The smallest absolute Gasteiger partial charge is 0.253 e. The zero-order valence-corrected chi connectivity index (χ0v) is 12.6. The molecule has 0 N–H and O–H groups in total. The van der Waals surface area contributed by atoms with Crippen molar-refractivity contribution in [2.75, 3.05) is 18.6 Å². The maximum atomic E-state index is 11.9. The third-order valence-corrected chi connectivity index (χ3v) is 6.47. The highest BCUT2D eigenvalue weighted by Crippen LogP contribution is 2.37. The molecule has 0 unspecified atom stereocenters. The molecule has 2 fully saturated rings. The largest absolute Gasteiger partial charge is 0.349 e. The van der Waals surface area contributed by atoms with Crippen LogP contribution in [0.25, 0.3) is 0 Å². The molecule has 0 aromatic carbocycles. The molecule has 7 heteroatoms. The molecular weight excluding hydrogens is 272 g/mol. The molecule has 2 saturated heterocycles. The van der Waals surface area contributed by atoms with Crippen molar-refractivity contribution >= 4 is 32.7 Å². The minimum absolute atomic E-state index is 0.0199. The molecule has 1 amide bonds. The van der Waals surface area contributed by atoms with Gasteiger partial charge in [-0.2, -0.15) is 4.99 Å². The third kappa shape index (κ3) is 2.56. The Labute approximate surface area is 112 Å². The standard InChI is InChI=1S/C11H18N2O3S2/c1-11(2,3)9(14)12-10-13(4)7-5-18(15,16)6-8(7)17-10/h7-8H,5-6H2,1-4H3/t7-,8+/m0/s1. The molecule has 2 heterocycles. The van der Waals surface area contributed by atoms with Crippen LogP contribution in [0, 0.1) is 5.41 Å². The summed E-state index contributed by atoms with van der Waals surface area (Å²) in [6, 6.07) is -0.0356. The van der Waals surface area contributed by atoms with Crippen LogP contribution < -0.4 is 0 Å². The minimum Gasteiger partial charge on any atom is -0.349 e. The van der Waals surface area contributed by atoms with Gasteiger partial charge in [0.2, 0.25) is 0 Å². The number of nitrogens with zero attached hydrogens (tertiary/aromatic N) is 2. The number of carbonyl (C=O) groups is 1. The van der Waals surface area contributed by atoms with Crippen LogP contribution in [0.5, 0.6) is 0 Å². The van der Waals surface area contributed by atoms with Gasteiger partial charge in [0.25, 0.3) is 5.91 Å². The van der Waals surface area contributed by atoms with Crippen LogP contribution in [0.15, 0.2) is 4.99 Å². The predicted octanol–water partition coefficient (Wildman–Crippen LogP) is 0.759. The Morgan fingerprint density at radius 2 is 2.00 bits per heavy atom. The van der Waals surface area contributed by atoms with E-state index < -0.39 is 15.3 Å². The fraction of sp³-hybridized carbons (Fsp3) is 0.818. The molecule has 2 rings (SSSR count). The van der Waals surface area contributed by atoms with Crippen molar-refractivity contribution in [2.45, 2.75) is 32.1 Å². The zero-order chi connectivity index (χ0) is 13.7. The first kappa shape index (κ1) is 13.9.